The van der Waals surface area contributed by atoms with Crippen LogP contribution in [0.25, 0.3) is 0 Å². The Hall–Kier alpha value is -0.570. The lowest BCUT2D eigenvalue weighted by molar-refractivity contribution is -0.131. The minimum Gasteiger partial charge on any atom is -0.340 e. The minimum absolute atomic E-state index is 0.236. The SMILES string of the molecule is CCC1CCC(N2CCN(C(C)=O)CC2)CC1. The van der Waals surface area contributed by atoms with E-state index in [1.807, 2.05) is 4.90 Å². The molecule has 2 fully saturated rings. The Balaban J connectivity index is 1.76. The monoisotopic (exact) mass is 238 g/mol. The minimum atomic E-state index is 0.236. The molecule has 0 unspecified atom stereocenters. The zero-order valence-electron chi connectivity index (χ0n) is 11.3. The van der Waals surface area contributed by atoms with Gasteiger partial charge in [0.05, 0.1) is 0 Å². The summed E-state index contributed by atoms with van der Waals surface area (Å²) in [7, 11) is 0. The van der Waals surface area contributed by atoms with Crippen LogP contribution in [0, 0.1) is 5.92 Å². The van der Waals surface area contributed by atoms with Gasteiger partial charge in [0.25, 0.3) is 0 Å². The van der Waals surface area contributed by atoms with Crippen molar-refractivity contribution in [3.63, 3.8) is 0 Å². The molecular formula is C14H26N2O. The van der Waals surface area contributed by atoms with Gasteiger partial charge >= 0.3 is 0 Å². The van der Waals surface area contributed by atoms with Crippen LogP contribution >= 0.6 is 0 Å². The number of piperazine rings is 1. The highest BCUT2D eigenvalue weighted by molar-refractivity contribution is 5.73. The molecule has 0 atom stereocenters. The molecule has 3 nitrogen and oxygen atoms in total. The molecule has 0 radical (unpaired) electrons. The van der Waals surface area contributed by atoms with Crippen LogP contribution in [0.2, 0.25) is 0 Å². The summed E-state index contributed by atoms with van der Waals surface area (Å²) < 4.78 is 0. The molecular weight excluding hydrogens is 212 g/mol. The van der Waals surface area contributed by atoms with Crippen LogP contribution in [0.3, 0.4) is 0 Å². The quantitative estimate of drug-likeness (QED) is 0.735. The van der Waals surface area contributed by atoms with E-state index >= 15 is 0 Å². The second-order valence-corrected chi connectivity index (χ2v) is 5.62. The molecule has 1 heterocycles. The average Bonchev–Trinajstić information content (AvgIpc) is 2.39. The molecule has 2 aliphatic rings. The predicted molar refractivity (Wildman–Crippen MR) is 69.9 cm³/mol. The van der Waals surface area contributed by atoms with E-state index < -0.39 is 0 Å². The Morgan fingerprint density at radius 1 is 1.06 bits per heavy atom. The third-order valence-corrected chi connectivity index (χ3v) is 4.67. The highest BCUT2D eigenvalue weighted by Crippen LogP contribution is 2.29. The van der Waals surface area contributed by atoms with Gasteiger partial charge in [-0.1, -0.05) is 13.3 Å². The van der Waals surface area contributed by atoms with Gasteiger partial charge in [-0.15, -0.1) is 0 Å². The van der Waals surface area contributed by atoms with Gasteiger partial charge in [-0.25, -0.2) is 0 Å². The van der Waals surface area contributed by atoms with Crippen molar-refractivity contribution in [1.29, 1.82) is 0 Å². The number of amides is 1. The molecule has 3 heteroatoms. The summed E-state index contributed by atoms with van der Waals surface area (Å²) in [6, 6.07) is 0.798. The maximum absolute atomic E-state index is 11.3. The molecule has 0 bridgehead atoms. The van der Waals surface area contributed by atoms with Gasteiger partial charge in [0.15, 0.2) is 0 Å². The fourth-order valence-electron chi connectivity index (χ4n) is 3.32. The fourth-order valence-corrected chi connectivity index (χ4v) is 3.32. The molecule has 1 aliphatic carbocycles. The van der Waals surface area contributed by atoms with Crippen LogP contribution in [0.4, 0.5) is 0 Å². The molecule has 0 aromatic carbocycles. The van der Waals surface area contributed by atoms with E-state index in [4.69, 9.17) is 0 Å². The van der Waals surface area contributed by atoms with Crippen molar-refractivity contribution in [2.45, 2.75) is 52.0 Å². The Morgan fingerprint density at radius 3 is 2.12 bits per heavy atom. The largest absolute Gasteiger partial charge is 0.340 e. The lowest BCUT2D eigenvalue weighted by Crippen LogP contribution is -2.52. The van der Waals surface area contributed by atoms with Crippen molar-refractivity contribution in [3.8, 4) is 0 Å². The molecule has 2 rings (SSSR count). The zero-order chi connectivity index (χ0) is 12.3. The molecule has 1 aliphatic heterocycles. The van der Waals surface area contributed by atoms with Gasteiger partial charge in [0.2, 0.25) is 5.91 Å². The molecule has 0 aromatic rings. The first-order valence-electron chi connectivity index (χ1n) is 7.20. The lowest BCUT2D eigenvalue weighted by Gasteiger charge is -2.41. The lowest BCUT2D eigenvalue weighted by atomic mass is 9.84. The van der Waals surface area contributed by atoms with Crippen molar-refractivity contribution in [2.75, 3.05) is 26.2 Å². The smallest absolute Gasteiger partial charge is 0.219 e. The molecule has 1 saturated carbocycles. The van der Waals surface area contributed by atoms with E-state index in [0.29, 0.717) is 0 Å². The zero-order valence-corrected chi connectivity index (χ0v) is 11.3. The van der Waals surface area contributed by atoms with Crippen molar-refractivity contribution in [3.05, 3.63) is 0 Å². The maximum atomic E-state index is 11.3. The summed E-state index contributed by atoms with van der Waals surface area (Å²) >= 11 is 0. The third-order valence-electron chi connectivity index (χ3n) is 4.67. The molecule has 1 amide bonds. The Bertz CT molecular complexity index is 251. The summed E-state index contributed by atoms with van der Waals surface area (Å²) in [5, 5.41) is 0. The van der Waals surface area contributed by atoms with Gasteiger partial charge in [0.1, 0.15) is 0 Å². The molecule has 17 heavy (non-hydrogen) atoms. The van der Waals surface area contributed by atoms with E-state index in [9.17, 15) is 4.79 Å². The predicted octanol–water partition coefficient (Wildman–Crippen LogP) is 2.12. The third kappa shape index (κ3) is 3.21. The number of rotatable bonds is 2. The number of nitrogens with zero attached hydrogens (tertiary/aromatic N) is 2. The van der Waals surface area contributed by atoms with Crippen LogP contribution in [0.15, 0.2) is 0 Å². The van der Waals surface area contributed by atoms with Gasteiger partial charge in [-0.05, 0) is 31.6 Å². The molecule has 1 saturated heterocycles. The van der Waals surface area contributed by atoms with Gasteiger partial charge in [-0.2, -0.15) is 0 Å². The van der Waals surface area contributed by atoms with Crippen molar-refractivity contribution in [2.24, 2.45) is 5.92 Å². The maximum Gasteiger partial charge on any atom is 0.219 e. The highest BCUT2D eigenvalue weighted by atomic mass is 16.2. The van der Waals surface area contributed by atoms with Crippen LogP contribution in [0.5, 0.6) is 0 Å². The molecule has 0 spiro atoms. The standard InChI is InChI=1S/C14H26N2O/c1-3-13-4-6-14(7-5-13)16-10-8-15(9-11-16)12(2)17/h13-14H,3-11H2,1-2H3. The average molecular weight is 238 g/mol. The number of hydrogen-bond acceptors (Lipinski definition) is 2. The topological polar surface area (TPSA) is 23.6 Å². The summed E-state index contributed by atoms with van der Waals surface area (Å²) in [6.45, 7) is 8.03. The highest BCUT2D eigenvalue weighted by Gasteiger charge is 2.28. The van der Waals surface area contributed by atoms with Crippen LogP contribution in [-0.2, 0) is 4.79 Å². The summed E-state index contributed by atoms with van der Waals surface area (Å²) in [4.78, 5) is 15.9. The summed E-state index contributed by atoms with van der Waals surface area (Å²) in [5.41, 5.74) is 0. The first-order chi connectivity index (χ1) is 8.20. The number of carbonyl (C=O) groups is 1. The van der Waals surface area contributed by atoms with E-state index in [2.05, 4.69) is 11.8 Å². The van der Waals surface area contributed by atoms with E-state index in [0.717, 1.165) is 38.1 Å². The Morgan fingerprint density at radius 2 is 1.65 bits per heavy atom. The van der Waals surface area contributed by atoms with E-state index in [1.54, 1.807) is 6.92 Å². The van der Waals surface area contributed by atoms with Crippen LogP contribution in [-0.4, -0.2) is 47.9 Å². The van der Waals surface area contributed by atoms with Crippen molar-refractivity contribution < 1.29 is 4.79 Å². The Kier molecular flexibility index (Phi) is 4.43. The second kappa shape index (κ2) is 5.85. The van der Waals surface area contributed by atoms with E-state index in [-0.39, 0.29) is 5.91 Å². The molecule has 0 aromatic heterocycles. The van der Waals surface area contributed by atoms with Gasteiger partial charge < -0.3 is 4.90 Å². The van der Waals surface area contributed by atoms with Gasteiger partial charge in [0, 0.05) is 39.1 Å². The fraction of sp³-hybridized carbons (Fsp3) is 0.929. The summed E-state index contributed by atoms with van der Waals surface area (Å²) in [5.74, 6) is 1.21. The number of carbonyl (C=O) groups excluding carboxylic acids is 1. The Labute approximate surface area is 105 Å². The number of hydrogen-bond donors (Lipinski definition) is 0. The van der Waals surface area contributed by atoms with Crippen molar-refractivity contribution >= 4 is 5.91 Å². The van der Waals surface area contributed by atoms with Crippen LogP contribution in [0.1, 0.15) is 46.0 Å². The molecule has 98 valence electrons. The molecule has 0 N–H and O–H groups in total. The van der Waals surface area contributed by atoms with Gasteiger partial charge in [-0.3, -0.25) is 9.69 Å². The second-order valence-electron chi connectivity index (χ2n) is 5.62. The first kappa shape index (κ1) is 12.9. The van der Waals surface area contributed by atoms with E-state index in [1.165, 1.54) is 32.1 Å². The van der Waals surface area contributed by atoms with Crippen LogP contribution < -0.4 is 0 Å². The first-order valence-corrected chi connectivity index (χ1v) is 7.20. The van der Waals surface area contributed by atoms with Crippen molar-refractivity contribution in [1.82, 2.24) is 9.80 Å². The normalized spacial score (nSPS) is 31.5. The summed E-state index contributed by atoms with van der Waals surface area (Å²) in [6.07, 6.45) is 6.92.